The van der Waals surface area contributed by atoms with Crippen molar-refractivity contribution in [3.8, 4) is 0 Å². The highest BCUT2D eigenvalue weighted by molar-refractivity contribution is 7.89. The van der Waals surface area contributed by atoms with Crippen LogP contribution in [0, 0.1) is 11.8 Å². The third-order valence-corrected chi connectivity index (χ3v) is 5.89. The minimum absolute atomic E-state index is 0.00142. The van der Waals surface area contributed by atoms with Gasteiger partial charge in [-0.15, -0.1) is 0 Å². The molecule has 0 saturated heterocycles. The highest BCUT2D eigenvalue weighted by Gasteiger charge is 2.30. The number of hydrogen-bond acceptors (Lipinski definition) is 3. The lowest BCUT2D eigenvalue weighted by Crippen LogP contribution is -2.43. The fraction of sp³-hybridized carbons (Fsp3) is 0.600. The Labute approximate surface area is 121 Å². The fourth-order valence-electron chi connectivity index (χ4n) is 2.83. The van der Waals surface area contributed by atoms with E-state index in [-0.39, 0.29) is 17.5 Å². The molecule has 112 valence electrons. The molecule has 4 nitrogen and oxygen atoms in total. The van der Waals surface area contributed by atoms with Crippen molar-refractivity contribution < 1.29 is 13.5 Å². The van der Waals surface area contributed by atoms with Crippen LogP contribution in [-0.2, 0) is 16.6 Å². The number of rotatable bonds is 4. The van der Waals surface area contributed by atoms with Gasteiger partial charge in [-0.1, -0.05) is 38.8 Å². The molecule has 0 heterocycles. The number of aliphatic hydroxyl groups is 1. The Bertz CT molecular complexity index is 556. The largest absolute Gasteiger partial charge is 0.392 e. The third-order valence-electron chi connectivity index (χ3n) is 4.40. The smallest absolute Gasteiger partial charge is 0.240 e. The molecule has 0 aromatic heterocycles. The summed E-state index contributed by atoms with van der Waals surface area (Å²) in [4.78, 5) is 0.231. The van der Waals surface area contributed by atoms with Gasteiger partial charge in [0.1, 0.15) is 0 Å². The first-order valence-corrected chi connectivity index (χ1v) is 8.64. The van der Waals surface area contributed by atoms with Crippen LogP contribution in [0.15, 0.2) is 29.2 Å². The molecule has 0 amide bonds. The molecule has 0 aliphatic heterocycles. The van der Waals surface area contributed by atoms with Crippen LogP contribution < -0.4 is 4.72 Å². The molecular weight excluding hydrogens is 274 g/mol. The average molecular weight is 297 g/mol. The summed E-state index contributed by atoms with van der Waals surface area (Å²) in [5.41, 5.74) is 0.609. The molecule has 1 aromatic rings. The van der Waals surface area contributed by atoms with Gasteiger partial charge in [0.05, 0.1) is 11.5 Å². The fourth-order valence-corrected chi connectivity index (χ4v) is 4.26. The zero-order valence-corrected chi connectivity index (χ0v) is 12.9. The van der Waals surface area contributed by atoms with E-state index in [1.807, 2.05) is 0 Å². The van der Waals surface area contributed by atoms with Crippen molar-refractivity contribution in [2.24, 2.45) is 11.8 Å². The van der Waals surface area contributed by atoms with Gasteiger partial charge in [-0.2, -0.15) is 0 Å². The Balaban J connectivity index is 2.18. The van der Waals surface area contributed by atoms with Crippen molar-refractivity contribution in [2.45, 2.75) is 50.7 Å². The zero-order valence-electron chi connectivity index (χ0n) is 12.0. The molecule has 0 spiro atoms. The normalized spacial score (nSPS) is 27.4. The number of hydrogen-bond donors (Lipinski definition) is 2. The predicted molar refractivity (Wildman–Crippen MR) is 78.7 cm³/mol. The number of aliphatic hydroxyl groups excluding tert-OH is 1. The molecule has 1 aliphatic rings. The van der Waals surface area contributed by atoms with Gasteiger partial charge >= 0.3 is 0 Å². The van der Waals surface area contributed by atoms with Crippen molar-refractivity contribution in [1.29, 1.82) is 0 Å². The van der Waals surface area contributed by atoms with Crippen LogP contribution in [0.4, 0.5) is 0 Å². The second kappa shape index (κ2) is 6.24. The van der Waals surface area contributed by atoms with Gasteiger partial charge in [0.15, 0.2) is 0 Å². The molecule has 1 aliphatic carbocycles. The van der Waals surface area contributed by atoms with E-state index in [1.54, 1.807) is 18.2 Å². The zero-order chi connectivity index (χ0) is 14.8. The SMILES string of the molecule is CC1CCCC(NS(=O)(=O)c2cccc(CO)c2)C1C. The topological polar surface area (TPSA) is 66.4 Å². The molecule has 3 unspecified atom stereocenters. The van der Waals surface area contributed by atoms with Gasteiger partial charge in [0.25, 0.3) is 0 Å². The summed E-state index contributed by atoms with van der Waals surface area (Å²) in [5.74, 6) is 0.889. The first-order chi connectivity index (χ1) is 9.44. The monoisotopic (exact) mass is 297 g/mol. The molecule has 20 heavy (non-hydrogen) atoms. The van der Waals surface area contributed by atoms with Gasteiger partial charge in [0.2, 0.25) is 10.0 Å². The van der Waals surface area contributed by atoms with Crippen LogP contribution in [0.2, 0.25) is 0 Å². The van der Waals surface area contributed by atoms with Crippen molar-refractivity contribution in [2.75, 3.05) is 0 Å². The van der Waals surface area contributed by atoms with Crippen LogP contribution in [0.5, 0.6) is 0 Å². The molecule has 1 saturated carbocycles. The van der Waals surface area contributed by atoms with Gasteiger partial charge in [-0.25, -0.2) is 13.1 Å². The lowest BCUT2D eigenvalue weighted by atomic mass is 9.78. The summed E-state index contributed by atoms with van der Waals surface area (Å²) in [6.45, 7) is 4.14. The van der Waals surface area contributed by atoms with Crippen LogP contribution in [0.3, 0.4) is 0 Å². The first-order valence-electron chi connectivity index (χ1n) is 7.16. The second-order valence-corrected chi connectivity index (χ2v) is 7.51. The number of benzene rings is 1. The van der Waals surface area contributed by atoms with E-state index in [2.05, 4.69) is 18.6 Å². The Kier molecular flexibility index (Phi) is 4.83. The summed E-state index contributed by atoms with van der Waals surface area (Å²) in [6.07, 6.45) is 3.12. The van der Waals surface area contributed by atoms with Crippen molar-refractivity contribution >= 4 is 10.0 Å². The standard InChI is InChI=1S/C15H23NO3S/c1-11-5-3-8-15(12(11)2)16-20(18,19)14-7-4-6-13(9-14)10-17/h4,6-7,9,11-12,15-17H,3,5,8,10H2,1-2H3. The minimum atomic E-state index is -3.51. The molecule has 0 radical (unpaired) electrons. The van der Waals surface area contributed by atoms with Crippen molar-refractivity contribution in [3.63, 3.8) is 0 Å². The highest BCUT2D eigenvalue weighted by atomic mass is 32.2. The second-order valence-electron chi connectivity index (χ2n) is 5.80. The highest BCUT2D eigenvalue weighted by Crippen LogP contribution is 2.30. The van der Waals surface area contributed by atoms with E-state index in [9.17, 15) is 8.42 Å². The molecule has 1 aromatic carbocycles. The van der Waals surface area contributed by atoms with Gasteiger partial charge in [0, 0.05) is 6.04 Å². The van der Waals surface area contributed by atoms with Gasteiger partial charge < -0.3 is 5.11 Å². The maximum atomic E-state index is 12.4. The maximum absolute atomic E-state index is 12.4. The Morgan fingerprint density at radius 3 is 2.75 bits per heavy atom. The third kappa shape index (κ3) is 3.40. The van der Waals surface area contributed by atoms with Crippen molar-refractivity contribution in [3.05, 3.63) is 29.8 Å². The quantitative estimate of drug-likeness (QED) is 0.896. The Morgan fingerprint density at radius 1 is 1.30 bits per heavy atom. The predicted octanol–water partition coefficient (Wildman–Crippen LogP) is 2.28. The summed E-state index contributed by atoms with van der Waals surface area (Å²) < 4.78 is 27.7. The van der Waals surface area contributed by atoms with E-state index in [4.69, 9.17) is 5.11 Å². The van der Waals surface area contributed by atoms with Gasteiger partial charge in [-0.05, 0) is 36.0 Å². The van der Waals surface area contributed by atoms with Gasteiger partial charge in [-0.3, -0.25) is 0 Å². The van der Waals surface area contributed by atoms with Crippen molar-refractivity contribution in [1.82, 2.24) is 4.72 Å². The summed E-state index contributed by atoms with van der Waals surface area (Å²) in [5, 5.41) is 9.11. The molecule has 0 bridgehead atoms. The molecule has 2 rings (SSSR count). The lowest BCUT2D eigenvalue weighted by Gasteiger charge is -2.34. The first kappa shape index (κ1) is 15.5. The molecule has 3 atom stereocenters. The van der Waals surface area contributed by atoms with E-state index >= 15 is 0 Å². The van der Waals surface area contributed by atoms with E-state index < -0.39 is 10.0 Å². The molecule has 1 fully saturated rings. The van der Waals surface area contributed by atoms with Crippen LogP contribution in [-0.4, -0.2) is 19.6 Å². The summed E-state index contributed by atoms with van der Waals surface area (Å²) >= 11 is 0. The molecular formula is C15H23NO3S. The number of nitrogens with one attached hydrogen (secondary N) is 1. The average Bonchev–Trinajstić information content (AvgIpc) is 2.44. The maximum Gasteiger partial charge on any atom is 0.240 e. The Morgan fingerprint density at radius 2 is 2.05 bits per heavy atom. The lowest BCUT2D eigenvalue weighted by molar-refractivity contribution is 0.227. The summed E-state index contributed by atoms with van der Waals surface area (Å²) in [7, 11) is -3.51. The van der Waals surface area contributed by atoms with Crippen LogP contribution in [0.25, 0.3) is 0 Å². The summed E-state index contributed by atoms with van der Waals surface area (Å²) in [6, 6.07) is 6.47. The molecule has 2 N–H and O–H groups in total. The van der Waals surface area contributed by atoms with Crippen LogP contribution in [0.1, 0.15) is 38.7 Å². The van der Waals surface area contributed by atoms with E-state index in [0.717, 1.165) is 12.8 Å². The van der Waals surface area contributed by atoms with E-state index in [0.29, 0.717) is 17.4 Å². The minimum Gasteiger partial charge on any atom is -0.392 e. The Hall–Kier alpha value is -0.910. The van der Waals surface area contributed by atoms with E-state index in [1.165, 1.54) is 12.5 Å². The molecule has 5 heteroatoms. The number of sulfonamides is 1. The van der Waals surface area contributed by atoms with Crippen LogP contribution >= 0.6 is 0 Å².